The predicted molar refractivity (Wildman–Crippen MR) is 118 cm³/mol. The Kier molecular flexibility index (Phi) is 5.73. The molecule has 3 aromatic carbocycles. The van der Waals surface area contributed by atoms with E-state index in [4.69, 9.17) is 4.42 Å². The first kappa shape index (κ1) is 19.2. The lowest BCUT2D eigenvalue weighted by molar-refractivity contribution is -0.115. The van der Waals surface area contributed by atoms with Crippen molar-refractivity contribution in [1.82, 2.24) is 4.98 Å². The summed E-state index contributed by atoms with van der Waals surface area (Å²) in [4.78, 5) is 17.0. The molecule has 0 unspecified atom stereocenters. The van der Waals surface area contributed by atoms with Crippen LogP contribution in [0.1, 0.15) is 22.6 Å². The zero-order chi connectivity index (χ0) is 20.8. The summed E-state index contributed by atoms with van der Waals surface area (Å²) in [6.45, 7) is 1.82. The van der Waals surface area contributed by atoms with Crippen LogP contribution in [0.3, 0.4) is 0 Å². The number of aromatic nitrogens is 1. The van der Waals surface area contributed by atoms with Crippen molar-refractivity contribution in [2.75, 3.05) is 5.32 Å². The third-order valence-electron chi connectivity index (χ3n) is 4.51. The van der Waals surface area contributed by atoms with Gasteiger partial charge in [0.25, 0.3) is 0 Å². The Morgan fingerprint density at radius 3 is 2.33 bits per heavy atom. The zero-order valence-corrected chi connectivity index (χ0v) is 16.6. The summed E-state index contributed by atoms with van der Waals surface area (Å²) in [5.74, 6) is 7.26. The molecule has 1 aromatic heterocycles. The molecule has 0 radical (unpaired) electrons. The van der Waals surface area contributed by atoms with Crippen LogP contribution in [0, 0.1) is 18.8 Å². The molecule has 146 valence electrons. The van der Waals surface area contributed by atoms with Crippen molar-refractivity contribution in [3.05, 3.63) is 108 Å². The van der Waals surface area contributed by atoms with Crippen LogP contribution >= 0.6 is 0 Å². The Hall–Kier alpha value is -4.10. The standard InChI is InChI=1S/C26H20N2O2/c1-19-24(28-26(30-19)22-12-6-3-7-13-22)18-25(29)27-23-14-8-11-21(17-23)16-15-20-9-4-2-5-10-20/h2-14,17H,18H2,1H3,(H,27,29). The molecule has 0 bridgehead atoms. The number of benzene rings is 3. The molecule has 0 aliphatic rings. The van der Waals surface area contributed by atoms with Gasteiger partial charge in [0.1, 0.15) is 5.76 Å². The molecule has 4 rings (SSSR count). The summed E-state index contributed by atoms with van der Waals surface area (Å²) >= 11 is 0. The van der Waals surface area contributed by atoms with Crippen molar-refractivity contribution in [3.8, 4) is 23.3 Å². The number of carbonyl (C=O) groups excluding carboxylic acids is 1. The molecule has 0 fully saturated rings. The number of nitrogens with one attached hydrogen (secondary N) is 1. The molecular weight excluding hydrogens is 372 g/mol. The molecule has 4 heteroatoms. The van der Waals surface area contributed by atoms with Gasteiger partial charge in [0.2, 0.25) is 11.8 Å². The Morgan fingerprint density at radius 2 is 1.57 bits per heavy atom. The van der Waals surface area contributed by atoms with Gasteiger partial charge in [-0.1, -0.05) is 54.3 Å². The molecule has 1 amide bonds. The van der Waals surface area contributed by atoms with Crippen molar-refractivity contribution in [2.45, 2.75) is 13.3 Å². The van der Waals surface area contributed by atoms with E-state index in [-0.39, 0.29) is 12.3 Å². The number of rotatable bonds is 4. The average molecular weight is 392 g/mol. The highest BCUT2D eigenvalue weighted by Crippen LogP contribution is 2.22. The lowest BCUT2D eigenvalue weighted by Gasteiger charge is -2.04. The van der Waals surface area contributed by atoms with Crippen molar-refractivity contribution < 1.29 is 9.21 Å². The molecule has 0 atom stereocenters. The van der Waals surface area contributed by atoms with E-state index < -0.39 is 0 Å². The SMILES string of the molecule is Cc1oc(-c2ccccc2)nc1CC(=O)Nc1cccc(C#Cc2ccccc2)c1. The van der Waals surface area contributed by atoms with Gasteiger partial charge >= 0.3 is 0 Å². The Morgan fingerprint density at radius 1 is 0.900 bits per heavy atom. The fraction of sp³-hybridized carbons (Fsp3) is 0.0769. The minimum absolute atomic E-state index is 0.141. The molecule has 0 spiro atoms. The van der Waals surface area contributed by atoms with Gasteiger partial charge < -0.3 is 9.73 Å². The maximum absolute atomic E-state index is 12.5. The van der Waals surface area contributed by atoms with Crippen molar-refractivity contribution in [2.24, 2.45) is 0 Å². The molecule has 1 heterocycles. The minimum atomic E-state index is -0.154. The number of oxazole rings is 1. The average Bonchev–Trinajstić information content (AvgIpc) is 3.14. The summed E-state index contributed by atoms with van der Waals surface area (Å²) in [6.07, 6.45) is 0.141. The van der Waals surface area contributed by atoms with E-state index in [1.54, 1.807) is 0 Å². The topological polar surface area (TPSA) is 55.1 Å². The fourth-order valence-electron chi connectivity index (χ4n) is 2.99. The molecule has 0 saturated heterocycles. The van der Waals surface area contributed by atoms with Crippen molar-refractivity contribution >= 4 is 11.6 Å². The summed E-state index contributed by atoms with van der Waals surface area (Å²) in [7, 11) is 0. The third kappa shape index (κ3) is 4.84. The maximum atomic E-state index is 12.5. The van der Waals surface area contributed by atoms with Crippen LogP contribution in [0.15, 0.2) is 89.3 Å². The van der Waals surface area contributed by atoms with Gasteiger partial charge in [-0.05, 0) is 49.4 Å². The second-order valence-electron chi connectivity index (χ2n) is 6.81. The number of hydrogen-bond acceptors (Lipinski definition) is 3. The Bertz CT molecular complexity index is 1220. The van der Waals surface area contributed by atoms with Crippen LogP contribution in [0.5, 0.6) is 0 Å². The Balaban J connectivity index is 1.44. The van der Waals surface area contributed by atoms with Crippen LogP contribution in [0.4, 0.5) is 5.69 Å². The molecule has 30 heavy (non-hydrogen) atoms. The number of nitrogens with zero attached hydrogens (tertiary/aromatic N) is 1. The van der Waals surface area contributed by atoms with Crippen LogP contribution in [0.2, 0.25) is 0 Å². The Labute approximate surface area is 175 Å². The van der Waals surface area contributed by atoms with Gasteiger partial charge in [0, 0.05) is 22.4 Å². The second kappa shape index (κ2) is 8.93. The minimum Gasteiger partial charge on any atom is -0.441 e. The fourth-order valence-corrected chi connectivity index (χ4v) is 2.99. The summed E-state index contributed by atoms with van der Waals surface area (Å²) < 4.78 is 5.74. The number of hydrogen-bond donors (Lipinski definition) is 1. The molecule has 4 nitrogen and oxygen atoms in total. The molecule has 1 N–H and O–H groups in total. The first-order valence-corrected chi connectivity index (χ1v) is 9.66. The normalized spacial score (nSPS) is 10.2. The lowest BCUT2D eigenvalue weighted by Crippen LogP contribution is -2.15. The van der Waals surface area contributed by atoms with Gasteiger partial charge in [-0.2, -0.15) is 0 Å². The third-order valence-corrected chi connectivity index (χ3v) is 4.51. The van der Waals surface area contributed by atoms with Gasteiger partial charge in [0.15, 0.2) is 0 Å². The van der Waals surface area contributed by atoms with Crippen LogP contribution in [-0.4, -0.2) is 10.9 Å². The number of carbonyl (C=O) groups is 1. The first-order chi connectivity index (χ1) is 14.7. The van der Waals surface area contributed by atoms with Gasteiger partial charge in [0.05, 0.1) is 12.1 Å². The van der Waals surface area contributed by atoms with E-state index in [1.165, 1.54) is 0 Å². The number of anilines is 1. The zero-order valence-electron chi connectivity index (χ0n) is 16.6. The predicted octanol–water partition coefficient (Wildman–Crippen LogP) is 5.23. The van der Waals surface area contributed by atoms with E-state index in [9.17, 15) is 4.79 Å². The van der Waals surface area contributed by atoms with Crippen LogP contribution in [-0.2, 0) is 11.2 Å². The highest BCUT2D eigenvalue weighted by Gasteiger charge is 2.14. The molecule has 0 aliphatic heterocycles. The molecule has 4 aromatic rings. The maximum Gasteiger partial charge on any atom is 0.230 e. The summed E-state index contributed by atoms with van der Waals surface area (Å²) in [6, 6.07) is 26.9. The van der Waals surface area contributed by atoms with E-state index >= 15 is 0 Å². The second-order valence-corrected chi connectivity index (χ2v) is 6.81. The van der Waals surface area contributed by atoms with Gasteiger partial charge in [-0.3, -0.25) is 4.79 Å². The quantitative estimate of drug-likeness (QED) is 0.484. The smallest absolute Gasteiger partial charge is 0.230 e. The van der Waals surface area contributed by atoms with E-state index in [2.05, 4.69) is 22.1 Å². The monoisotopic (exact) mass is 392 g/mol. The van der Waals surface area contributed by atoms with Gasteiger partial charge in [-0.25, -0.2) is 4.98 Å². The molecular formula is C26H20N2O2. The largest absolute Gasteiger partial charge is 0.441 e. The number of amides is 1. The van der Waals surface area contributed by atoms with Crippen molar-refractivity contribution in [1.29, 1.82) is 0 Å². The molecule has 0 saturated carbocycles. The van der Waals surface area contributed by atoms with Crippen LogP contribution < -0.4 is 5.32 Å². The van der Waals surface area contributed by atoms with Crippen LogP contribution in [0.25, 0.3) is 11.5 Å². The van der Waals surface area contributed by atoms with Crippen molar-refractivity contribution in [3.63, 3.8) is 0 Å². The lowest BCUT2D eigenvalue weighted by atomic mass is 10.1. The highest BCUT2D eigenvalue weighted by atomic mass is 16.4. The highest BCUT2D eigenvalue weighted by molar-refractivity contribution is 5.92. The number of aryl methyl sites for hydroxylation is 1. The summed E-state index contributed by atoms with van der Waals surface area (Å²) in [5, 5.41) is 2.92. The first-order valence-electron chi connectivity index (χ1n) is 9.66. The van der Waals surface area contributed by atoms with E-state index in [0.717, 1.165) is 16.7 Å². The van der Waals surface area contributed by atoms with E-state index in [1.807, 2.05) is 91.9 Å². The van der Waals surface area contributed by atoms with E-state index in [0.29, 0.717) is 23.0 Å². The molecule has 0 aliphatic carbocycles. The summed E-state index contributed by atoms with van der Waals surface area (Å²) in [5.41, 5.74) is 4.00. The van der Waals surface area contributed by atoms with Gasteiger partial charge in [-0.15, -0.1) is 0 Å².